The maximum absolute atomic E-state index is 8.48. The predicted octanol–water partition coefficient (Wildman–Crippen LogP) is 1.27. The number of hydrogen-bond donors (Lipinski definition) is 0. The fraction of sp³-hybridized carbons (Fsp3) is 0.250. The summed E-state index contributed by atoms with van der Waals surface area (Å²) in [5.74, 6) is 0.518. The molecule has 0 unspecified atom stereocenters. The molecule has 0 aliphatic carbocycles. The van der Waals surface area contributed by atoms with Crippen LogP contribution in [0.5, 0.6) is 5.88 Å². The smallest absolute Gasteiger partial charge is 0.217 e. The van der Waals surface area contributed by atoms with Crippen LogP contribution in [-0.4, -0.2) is 12.1 Å². The lowest BCUT2D eigenvalue weighted by atomic mass is 10.3. The molecule has 1 rings (SSSR count). The van der Waals surface area contributed by atoms with Crippen molar-refractivity contribution in [2.45, 2.75) is 6.92 Å². The monoisotopic (exact) mass is 148 g/mol. The lowest BCUT2D eigenvalue weighted by Gasteiger charge is -2.01. The molecule has 56 valence electrons. The third kappa shape index (κ3) is 1.47. The molecule has 3 nitrogen and oxygen atoms in total. The molecular weight excluding hydrogens is 140 g/mol. The normalized spacial score (nSPS) is 8.82. The Hall–Kier alpha value is -1.56. The quantitative estimate of drug-likeness (QED) is 0.602. The van der Waals surface area contributed by atoms with Gasteiger partial charge in [-0.15, -0.1) is 0 Å². The summed E-state index contributed by atoms with van der Waals surface area (Å²) in [7, 11) is 1.54. The second kappa shape index (κ2) is 3.02. The maximum atomic E-state index is 8.48. The van der Waals surface area contributed by atoms with Gasteiger partial charge in [0.1, 0.15) is 11.8 Å². The molecule has 0 aliphatic rings. The Labute approximate surface area is 65.3 Å². The Kier molecular flexibility index (Phi) is 2.07. The molecule has 1 heterocycles. The van der Waals surface area contributed by atoms with E-state index < -0.39 is 0 Å². The molecule has 3 heteroatoms. The van der Waals surface area contributed by atoms with Gasteiger partial charge in [0, 0.05) is 5.56 Å². The minimum Gasteiger partial charge on any atom is -0.481 e. The minimum absolute atomic E-state index is 0.382. The summed E-state index contributed by atoms with van der Waals surface area (Å²) in [5.41, 5.74) is 1.32. The zero-order valence-electron chi connectivity index (χ0n) is 6.46. The molecule has 0 aromatic carbocycles. The van der Waals surface area contributed by atoms with Crippen LogP contribution in [0.25, 0.3) is 0 Å². The number of aromatic nitrogens is 1. The summed E-state index contributed by atoms with van der Waals surface area (Å²) in [5, 5.41) is 8.48. The first-order chi connectivity index (χ1) is 5.27. The number of hydrogen-bond acceptors (Lipinski definition) is 3. The van der Waals surface area contributed by atoms with Crippen LogP contribution in [0.15, 0.2) is 12.1 Å². The number of ether oxygens (including phenoxy) is 1. The maximum Gasteiger partial charge on any atom is 0.217 e. The van der Waals surface area contributed by atoms with Crippen LogP contribution >= 0.6 is 0 Å². The third-order valence-electron chi connectivity index (χ3n) is 1.36. The summed E-state index contributed by atoms with van der Waals surface area (Å²) >= 11 is 0. The Balaban J connectivity index is 3.15. The summed E-state index contributed by atoms with van der Waals surface area (Å²) in [6, 6.07) is 5.41. The van der Waals surface area contributed by atoms with Gasteiger partial charge in [-0.2, -0.15) is 5.26 Å². The van der Waals surface area contributed by atoms with E-state index in [1.807, 2.05) is 19.1 Å². The van der Waals surface area contributed by atoms with Gasteiger partial charge in [-0.05, 0) is 13.0 Å². The molecule has 0 atom stereocenters. The van der Waals surface area contributed by atoms with E-state index >= 15 is 0 Å². The van der Waals surface area contributed by atoms with Crippen molar-refractivity contribution in [2.75, 3.05) is 7.11 Å². The average Bonchev–Trinajstić information content (AvgIpc) is 2.05. The van der Waals surface area contributed by atoms with Gasteiger partial charge in [-0.3, -0.25) is 0 Å². The van der Waals surface area contributed by atoms with Gasteiger partial charge in [0.25, 0.3) is 0 Å². The first kappa shape index (κ1) is 7.55. The lowest BCUT2D eigenvalue weighted by molar-refractivity contribution is 0.394. The molecular formula is C8H8N2O. The zero-order valence-corrected chi connectivity index (χ0v) is 6.46. The molecule has 0 aliphatic heterocycles. The molecule has 0 radical (unpaired) electrons. The number of nitriles is 1. The standard InChI is InChI=1S/C8H8N2O/c1-6-3-4-7(5-9)10-8(6)11-2/h3-4H,1-2H3. The summed E-state index contributed by atoms with van der Waals surface area (Å²) in [4.78, 5) is 3.93. The molecule has 11 heavy (non-hydrogen) atoms. The van der Waals surface area contributed by atoms with E-state index in [9.17, 15) is 0 Å². The molecule has 0 amide bonds. The van der Waals surface area contributed by atoms with Gasteiger partial charge in [0.2, 0.25) is 5.88 Å². The van der Waals surface area contributed by atoms with Crippen LogP contribution in [0.1, 0.15) is 11.3 Å². The Morgan fingerprint density at radius 3 is 2.82 bits per heavy atom. The van der Waals surface area contributed by atoms with E-state index in [2.05, 4.69) is 4.98 Å². The molecule has 1 aromatic heterocycles. The molecule has 0 saturated heterocycles. The van der Waals surface area contributed by atoms with Crippen molar-refractivity contribution >= 4 is 0 Å². The molecule has 1 aromatic rings. The molecule has 0 bridgehead atoms. The van der Waals surface area contributed by atoms with Gasteiger partial charge in [-0.1, -0.05) is 6.07 Å². The van der Waals surface area contributed by atoms with E-state index in [1.54, 1.807) is 6.07 Å². The van der Waals surface area contributed by atoms with Crippen LogP contribution in [0.2, 0.25) is 0 Å². The first-order valence-electron chi connectivity index (χ1n) is 3.19. The summed E-state index contributed by atoms with van der Waals surface area (Å²) in [6.45, 7) is 1.88. The molecule has 0 N–H and O–H groups in total. The van der Waals surface area contributed by atoms with Crippen LogP contribution in [0, 0.1) is 18.3 Å². The van der Waals surface area contributed by atoms with Crippen molar-refractivity contribution < 1.29 is 4.74 Å². The van der Waals surface area contributed by atoms with Crippen LogP contribution in [0.3, 0.4) is 0 Å². The largest absolute Gasteiger partial charge is 0.481 e. The fourth-order valence-electron chi connectivity index (χ4n) is 0.779. The fourth-order valence-corrected chi connectivity index (χ4v) is 0.779. The second-order valence-electron chi connectivity index (χ2n) is 2.13. The van der Waals surface area contributed by atoms with Crippen molar-refractivity contribution in [1.29, 1.82) is 5.26 Å². The third-order valence-corrected chi connectivity index (χ3v) is 1.36. The van der Waals surface area contributed by atoms with Gasteiger partial charge < -0.3 is 4.74 Å². The van der Waals surface area contributed by atoms with Crippen LogP contribution in [-0.2, 0) is 0 Å². The molecule has 0 fully saturated rings. The highest BCUT2D eigenvalue weighted by Crippen LogP contribution is 2.12. The van der Waals surface area contributed by atoms with Gasteiger partial charge >= 0.3 is 0 Å². The summed E-state index contributed by atoms with van der Waals surface area (Å²) < 4.78 is 4.93. The highest BCUT2D eigenvalue weighted by atomic mass is 16.5. The Morgan fingerprint density at radius 2 is 2.27 bits per heavy atom. The number of pyridine rings is 1. The first-order valence-corrected chi connectivity index (χ1v) is 3.19. The van der Waals surface area contributed by atoms with E-state index in [1.165, 1.54) is 7.11 Å². The van der Waals surface area contributed by atoms with Crippen LogP contribution < -0.4 is 4.74 Å². The van der Waals surface area contributed by atoms with E-state index in [-0.39, 0.29) is 0 Å². The van der Waals surface area contributed by atoms with E-state index in [4.69, 9.17) is 10.00 Å². The van der Waals surface area contributed by atoms with Crippen molar-refractivity contribution in [2.24, 2.45) is 0 Å². The van der Waals surface area contributed by atoms with Crippen molar-refractivity contribution in [1.82, 2.24) is 4.98 Å². The number of rotatable bonds is 1. The highest BCUT2D eigenvalue weighted by molar-refractivity contribution is 5.31. The number of methoxy groups -OCH3 is 1. The molecule has 0 saturated carbocycles. The topological polar surface area (TPSA) is 45.9 Å². The van der Waals surface area contributed by atoms with Crippen molar-refractivity contribution in [3.05, 3.63) is 23.4 Å². The average molecular weight is 148 g/mol. The van der Waals surface area contributed by atoms with Crippen LogP contribution in [0.4, 0.5) is 0 Å². The Morgan fingerprint density at radius 1 is 1.55 bits per heavy atom. The zero-order chi connectivity index (χ0) is 8.27. The highest BCUT2D eigenvalue weighted by Gasteiger charge is 1.99. The lowest BCUT2D eigenvalue weighted by Crippen LogP contribution is -1.92. The minimum atomic E-state index is 0.382. The van der Waals surface area contributed by atoms with Gasteiger partial charge in [-0.25, -0.2) is 4.98 Å². The van der Waals surface area contributed by atoms with E-state index in [0.717, 1.165) is 5.56 Å². The summed E-state index contributed by atoms with van der Waals surface area (Å²) in [6.07, 6.45) is 0. The predicted molar refractivity (Wildman–Crippen MR) is 40.2 cm³/mol. The molecule has 0 spiro atoms. The van der Waals surface area contributed by atoms with E-state index in [0.29, 0.717) is 11.6 Å². The Bertz CT molecular complexity index is 301. The number of aryl methyl sites for hydroxylation is 1. The second-order valence-corrected chi connectivity index (χ2v) is 2.13. The van der Waals surface area contributed by atoms with Gasteiger partial charge in [0.05, 0.1) is 7.11 Å². The SMILES string of the molecule is COc1nc(C#N)ccc1C. The van der Waals surface area contributed by atoms with Crippen molar-refractivity contribution in [3.8, 4) is 11.9 Å². The number of nitrogens with zero attached hydrogens (tertiary/aromatic N) is 2. The van der Waals surface area contributed by atoms with Gasteiger partial charge in [0.15, 0.2) is 0 Å². The van der Waals surface area contributed by atoms with Crippen molar-refractivity contribution in [3.63, 3.8) is 0 Å².